The van der Waals surface area contributed by atoms with Crippen LogP contribution in [0.1, 0.15) is 12.5 Å². The van der Waals surface area contributed by atoms with Crippen LogP contribution in [0, 0.1) is 23.0 Å². The van der Waals surface area contributed by atoms with Gasteiger partial charge in [0, 0.05) is 13.6 Å². The van der Waals surface area contributed by atoms with E-state index in [1.807, 2.05) is 6.92 Å². The molecule has 0 aliphatic carbocycles. The summed E-state index contributed by atoms with van der Waals surface area (Å²) >= 11 is 0. The van der Waals surface area contributed by atoms with E-state index in [1.54, 1.807) is 18.0 Å². The Morgan fingerprint density at radius 3 is 2.50 bits per heavy atom. The Morgan fingerprint density at radius 2 is 2.00 bits per heavy atom. The Balaban J connectivity index is 3.25. The molecule has 0 radical (unpaired) electrons. The Kier molecular flexibility index (Phi) is 3.03. The third-order valence-corrected chi connectivity index (χ3v) is 2.07. The van der Waals surface area contributed by atoms with Gasteiger partial charge in [-0.05, 0) is 19.1 Å². The molecule has 0 unspecified atom stereocenters. The zero-order valence-electron chi connectivity index (χ0n) is 8.01. The number of rotatable bonds is 2. The summed E-state index contributed by atoms with van der Waals surface area (Å²) in [6, 6.07) is 4.27. The molecule has 74 valence electrons. The van der Waals surface area contributed by atoms with Crippen molar-refractivity contribution in [3.63, 3.8) is 0 Å². The van der Waals surface area contributed by atoms with Gasteiger partial charge in [0.1, 0.15) is 6.07 Å². The molecule has 0 aliphatic heterocycles. The highest BCUT2D eigenvalue weighted by Crippen LogP contribution is 2.22. The predicted octanol–water partition coefficient (Wildman–Crippen LogP) is 2.29. The van der Waals surface area contributed by atoms with Gasteiger partial charge in [0.15, 0.2) is 11.6 Å². The number of nitriles is 1. The van der Waals surface area contributed by atoms with Crippen molar-refractivity contribution >= 4 is 5.69 Å². The largest absolute Gasteiger partial charge is 0.372 e. The number of nitrogens with zero attached hydrogens (tertiary/aromatic N) is 2. The van der Waals surface area contributed by atoms with Gasteiger partial charge in [-0.25, -0.2) is 8.78 Å². The van der Waals surface area contributed by atoms with E-state index in [1.165, 1.54) is 12.1 Å². The summed E-state index contributed by atoms with van der Waals surface area (Å²) in [5.41, 5.74) is -0.0975. The molecule has 0 N–H and O–H groups in total. The molecular weight excluding hydrogens is 186 g/mol. The van der Waals surface area contributed by atoms with Gasteiger partial charge in [-0.1, -0.05) is 0 Å². The first-order valence-corrected chi connectivity index (χ1v) is 4.21. The van der Waals surface area contributed by atoms with Crippen LogP contribution in [0.25, 0.3) is 0 Å². The fraction of sp³-hybridized carbons (Fsp3) is 0.300. The first-order chi connectivity index (χ1) is 6.61. The van der Waals surface area contributed by atoms with E-state index in [4.69, 9.17) is 5.26 Å². The molecule has 0 amide bonds. The second-order valence-electron chi connectivity index (χ2n) is 2.89. The van der Waals surface area contributed by atoms with Crippen molar-refractivity contribution in [1.29, 1.82) is 5.26 Å². The Hall–Kier alpha value is -1.63. The fourth-order valence-electron chi connectivity index (χ4n) is 1.09. The quantitative estimate of drug-likeness (QED) is 0.725. The van der Waals surface area contributed by atoms with E-state index >= 15 is 0 Å². The molecular formula is C10H10F2N2. The number of hydrogen-bond acceptors (Lipinski definition) is 2. The number of halogens is 2. The molecule has 0 heterocycles. The van der Waals surface area contributed by atoms with Crippen molar-refractivity contribution < 1.29 is 8.78 Å². The zero-order chi connectivity index (χ0) is 10.7. The van der Waals surface area contributed by atoms with Crippen molar-refractivity contribution in [3.05, 3.63) is 29.3 Å². The molecule has 14 heavy (non-hydrogen) atoms. The van der Waals surface area contributed by atoms with E-state index in [-0.39, 0.29) is 11.3 Å². The molecule has 1 aromatic carbocycles. The van der Waals surface area contributed by atoms with Gasteiger partial charge in [0.25, 0.3) is 0 Å². The van der Waals surface area contributed by atoms with Gasteiger partial charge in [-0.15, -0.1) is 0 Å². The molecule has 0 saturated carbocycles. The van der Waals surface area contributed by atoms with Crippen LogP contribution in [-0.2, 0) is 0 Å². The lowest BCUT2D eigenvalue weighted by molar-refractivity contribution is 0.505. The van der Waals surface area contributed by atoms with E-state index in [0.717, 1.165) is 0 Å². The summed E-state index contributed by atoms with van der Waals surface area (Å²) in [5, 5.41) is 8.46. The molecule has 0 saturated heterocycles. The van der Waals surface area contributed by atoms with Crippen molar-refractivity contribution in [3.8, 4) is 6.07 Å². The topological polar surface area (TPSA) is 27.0 Å². The molecule has 0 fully saturated rings. The first-order valence-electron chi connectivity index (χ1n) is 4.21. The van der Waals surface area contributed by atoms with E-state index in [9.17, 15) is 8.78 Å². The minimum absolute atomic E-state index is 0.170. The SMILES string of the molecule is CCN(C)c1ccc(C#N)c(F)c1F. The summed E-state index contributed by atoms with van der Waals surface area (Å²) < 4.78 is 26.5. The lowest BCUT2D eigenvalue weighted by atomic mass is 10.2. The first kappa shape index (κ1) is 10.5. The standard InChI is InChI=1S/C10H10F2N2/c1-3-14(2)8-5-4-7(6-13)9(11)10(8)12/h4-5H,3H2,1-2H3. The van der Waals surface area contributed by atoms with Gasteiger partial charge >= 0.3 is 0 Å². The third kappa shape index (κ3) is 1.67. The summed E-state index contributed by atoms with van der Waals surface area (Å²) in [4.78, 5) is 1.57. The van der Waals surface area contributed by atoms with E-state index < -0.39 is 11.6 Å². The minimum atomic E-state index is -1.08. The highest BCUT2D eigenvalue weighted by atomic mass is 19.2. The molecule has 0 spiro atoms. The minimum Gasteiger partial charge on any atom is -0.372 e. The van der Waals surface area contributed by atoms with Crippen LogP contribution in [0.15, 0.2) is 12.1 Å². The molecule has 0 aromatic heterocycles. The van der Waals surface area contributed by atoms with Gasteiger partial charge in [0.05, 0.1) is 11.3 Å². The van der Waals surface area contributed by atoms with E-state index in [0.29, 0.717) is 6.54 Å². The van der Waals surface area contributed by atoms with Crippen molar-refractivity contribution in [2.24, 2.45) is 0 Å². The number of hydrogen-bond donors (Lipinski definition) is 0. The summed E-state index contributed by atoms with van der Waals surface area (Å²) in [5.74, 6) is -2.04. The van der Waals surface area contributed by atoms with Crippen LogP contribution < -0.4 is 4.90 Å². The molecule has 0 aliphatic rings. The maximum Gasteiger partial charge on any atom is 0.183 e. The summed E-state index contributed by atoms with van der Waals surface area (Å²) in [7, 11) is 1.66. The van der Waals surface area contributed by atoms with Crippen LogP contribution in [0.2, 0.25) is 0 Å². The Labute approximate surface area is 81.4 Å². The normalized spacial score (nSPS) is 9.64. The highest BCUT2D eigenvalue weighted by molar-refractivity contribution is 5.51. The molecule has 1 rings (SSSR count). The van der Waals surface area contributed by atoms with Crippen molar-refractivity contribution in [2.75, 3.05) is 18.5 Å². The van der Waals surface area contributed by atoms with Crippen LogP contribution >= 0.6 is 0 Å². The molecule has 0 atom stereocenters. The maximum atomic E-state index is 13.3. The number of anilines is 1. The van der Waals surface area contributed by atoms with Gasteiger partial charge in [-0.3, -0.25) is 0 Å². The van der Waals surface area contributed by atoms with Crippen molar-refractivity contribution in [2.45, 2.75) is 6.92 Å². The second kappa shape index (κ2) is 4.05. The average Bonchev–Trinajstić information content (AvgIpc) is 2.21. The molecule has 0 bridgehead atoms. The van der Waals surface area contributed by atoms with Crippen LogP contribution in [-0.4, -0.2) is 13.6 Å². The maximum absolute atomic E-state index is 13.3. The average molecular weight is 196 g/mol. The number of benzene rings is 1. The predicted molar refractivity (Wildman–Crippen MR) is 50.0 cm³/mol. The zero-order valence-corrected chi connectivity index (χ0v) is 8.01. The molecule has 1 aromatic rings. The summed E-state index contributed by atoms with van der Waals surface area (Å²) in [6.45, 7) is 2.40. The van der Waals surface area contributed by atoms with Crippen LogP contribution in [0.3, 0.4) is 0 Å². The van der Waals surface area contributed by atoms with Gasteiger partial charge in [-0.2, -0.15) is 5.26 Å². The lowest BCUT2D eigenvalue weighted by Gasteiger charge is -2.17. The van der Waals surface area contributed by atoms with Crippen LogP contribution in [0.5, 0.6) is 0 Å². The van der Waals surface area contributed by atoms with Gasteiger partial charge < -0.3 is 4.90 Å². The monoisotopic (exact) mass is 196 g/mol. The smallest absolute Gasteiger partial charge is 0.183 e. The Bertz CT molecular complexity index is 382. The Morgan fingerprint density at radius 1 is 1.36 bits per heavy atom. The lowest BCUT2D eigenvalue weighted by Crippen LogP contribution is -2.18. The van der Waals surface area contributed by atoms with Crippen molar-refractivity contribution in [1.82, 2.24) is 0 Å². The third-order valence-electron chi connectivity index (χ3n) is 2.07. The highest BCUT2D eigenvalue weighted by Gasteiger charge is 2.14. The van der Waals surface area contributed by atoms with Gasteiger partial charge in [0.2, 0.25) is 0 Å². The van der Waals surface area contributed by atoms with E-state index in [2.05, 4.69) is 0 Å². The summed E-state index contributed by atoms with van der Waals surface area (Å²) in [6.07, 6.45) is 0. The van der Waals surface area contributed by atoms with Crippen LogP contribution in [0.4, 0.5) is 14.5 Å². The molecule has 4 heteroatoms. The fourth-order valence-corrected chi connectivity index (χ4v) is 1.09. The second-order valence-corrected chi connectivity index (χ2v) is 2.89. The molecule has 2 nitrogen and oxygen atoms in total.